The molecule has 0 bridgehead atoms. The molecule has 2 aromatic rings. The molecule has 118 valence electrons. The Morgan fingerprint density at radius 3 is 2.27 bits per heavy atom. The van der Waals surface area contributed by atoms with Crippen molar-refractivity contribution >= 4 is 0 Å². The van der Waals surface area contributed by atoms with Crippen molar-refractivity contribution in [3.63, 3.8) is 0 Å². The van der Waals surface area contributed by atoms with Crippen molar-refractivity contribution in [2.24, 2.45) is 5.73 Å². The third-order valence-corrected chi connectivity index (χ3v) is 3.41. The molecule has 2 atom stereocenters. The van der Waals surface area contributed by atoms with Crippen LogP contribution in [0.5, 0.6) is 0 Å². The van der Waals surface area contributed by atoms with E-state index in [0.29, 0.717) is 12.0 Å². The molecule has 0 amide bonds. The van der Waals surface area contributed by atoms with E-state index in [-0.39, 0.29) is 13.1 Å². The number of benzene rings is 2. The topological polar surface area (TPSA) is 58.3 Å². The highest BCUT2D eigenvalue weighted by atomic mass is 19.1. The number of hydrogen-bond donors (Lipinski definition) is 3. The van der Waals surface area contributed by atoms with Gasteiger partial charge in [-0.25, -0.2) is 8.78 Å². The van der Waals surface area contributed by atoms with E-state index in [2.05, 4.69) is 5.32 Å². The van der Waals surface area contributed by atoms with Crippen LogP contribution in [0.4, 0.5) is 8.78 Å². The van der Waals surface area contributed by atoms with E-state index in [1.54, 1.807) is 0 Å². The molecular weight excluding hydrogens is 286 g/mol. The predicted octanol–water partition coefficient (Wildman–Crippen LogP) is 1.99. The van der Waals surface area contributed by atoms with Gasteiger partial charge in [-0.1, -0.05) is 30.3 Å². The molecule has 1 unspecified atom stereocenters. The van der Waals surface area contributed by atoms with E-state index in [1.807, 2.05) is 30.3 Å². The lowest BCUT2D eigenvalue weighted by Crippen LogP contribution is -2.43. The molecule has 3 nitrogen and oxygen atoms in total. The quantitative estimate of drug-likeness (QED) is 0.733. The minimum Gasteiger partial charge on any atom is -0.390 e. The predicted molar refractivity (Wildman–Crippen MR) is 82.2 cm³/mol. The summed E-state index contributed by atoms with van der Waals surface area (Å²) < 4.78 is 26.1. The van der Waals surface area contributed by atoms with Gasteiger partial charge < -0.3 is 16.2 Å². The summed E-state index contributed by atoms with van der Waals surface area (Å²) in [6.45, 7) is 0.524. The van der Waals surface area contributed by atoms with E-state index in [9.17, 15) is 13.9 Å². The van der Waals surface area contributed by atoms with Gasteiger partial charge in [-0.2, -0.15) is 0 Å². The zero-order chi connectivity index (χ0) is 15.9. The minimum absolute atomic E-state index is 0.256. The van der Waals surface area contributed by atoms with Gasteiger partial charge in [0.1, 0.15) is 11.6 Å². The number of aliphatic hydroxyl groups excluding tert-OH is 1. The molecule has 22 heavy (non-hydrogen) atoms. The highest BCUT2D eigenvalue weighted by Gasteiger charge is 2.14. The first kappa shape index (κ1) is 16.5. The van der Waals surface area contributed by atoms with Crippen molar-refractivity contribution in [1.29, 1.82) is 0 Å². The van der Waals surface area contributed by atoms with E-state index in [4.69, 9.17) is 5.73 Å². The molecule has 0 saturated heterocycles. The van der Waals surface area contributed by atoms with Gasteiger partial charge in [0.15, 0.2) is 0 Å². The standard InChI is InChI=1S/C17H20F2N2O/c18-14-6-13(7-15(19)9-14)10-21-11-17(22)16(20)8-12-4-2-1-3-5-12/h1-7,9,16-17,21-22H,8,10-11,20H2/t16?,17-/m0/s1. The average molecular weight is 306 g/mol. The van der Waals surface area contributed by atoms with Crippen molar-refractivity contribution in [3.05, 3.63) is 71.3 Å². The summed E-state index contributed by atoms with van der Waals surface area (Å²) in [5, 5.41) is 13.0. The Balaban J connectivity index is 1.78. The molecule has 4 N–H and O–H groups in total. The molecule has 2 aromatic carbocycles. The van der Waals surface area contributed by atoms with Gasteiger partial charge in [0.2, 0.25) is 0 Å². The molecular formula is C17H20F2N2O. The Kier molecular flexibility index (Phi) is 6.00. The van der Waals surface area contributed by atoms with Crippen molar-refractivity contribution in [3.8, 4) is 0 Å². The molecule has 0 aliphatic carbocycles. The van der Waals surface area contributed by atoms with Crippen LogP contribution in [0.25, 0.3) is 0 Å². The summed E-state index contributed by atoms with van der Waals surface area (Å²) in [4.78, 5) is 0. The van der Waals surface area contributed by atoms with Crippen LogP contribution >= 0.6 is 0 Å². The summed E-state index contributed by atoms with van der Waals surface area (Å²) in [5.74, 6) is -1.23. The van der Waals surface area contributed by atoms with Gasteiger partial charge in [-0.3, -0.25) is 0 Å². The van der Waals surface area contributed by atoms with Gasteiger partial charge in [0.05, 0.1) is 6.10 Å². The number of aliphatic hydroxyl groups is 1. The van der Waals surface area contributed by atoms with E-state index < -0.39 is 23.8 Å². The monoisotopic (exact) mass is 306 g/mol. The summed E-state index contributed by atoms with van der Waals surface area (Å²) in [7, 11) is 0. The molecule has 0 spiro atoms. The third kappa shape index (κ3) is 5.18. The smallest absolute Gasteiger partial charge is 0.126 e. The fourth-order valence-electron chi connectivity index (χ4n) is 2.25. The van der Waals surface area contributed by atoms with Crippen LogP contribution in [0.2, 0.25) is 0 Å². The number of nitrogens with one attached hydrogen (secondary N) is 1. The van der Waals surface area contributed by atoms with Crippen molar-refractivity contribution < 1.29 is 13.9 Å². The Morgan fingerprint density at radius 2 is 1.64 bits per heavy atom. The highest BCUT2D eigenvalue weighted by Crippen LogP contribution is 2.08. The van der Waals surface area contributed by atoms with E-state index in [1.165, 1.54) is 12.1 Å². The van der Waals surface area contributed by atoms with Gasteiger partial charge in [-0.05, 0) is 29.7 Å². The minimum atomic E-state index is -0.737. The second kappa shape index (κ2) is 7.98. The van der Waals surface area contributed by atoms with E-state index in [0.717, 1.165) is 11.6 Å². The van der Waals surface area contributed by atoms with Crippen LogP contribution in [0.15, 0.2) is 48.5 Å². The molecule has 0 fully saturated rings. The normalized spacial score (nSPS) is 13.8. The second-order valence-electron chi connectivity index (χ2n) is 5.33. The van der Waals surface area contributed by atoms with Gasteiger partial charge >= 0.3 is 0 Å². The summed E-state index contributed by atoms with van der Waals surface area (Å²) in [6, 6.07) is 12.6. The van der Waals surface area contributed by atoms with Crippen LogP contribution in [0.1, 0.15) is 11.1 Å². The highest BCUT2D eigenvalue weighted by molar-refractivity contribution is 5.18. The van der Waals surface area contributed by atoms with Crippen LogP contribution in [0.3, 0.4) is 0 Å². The Bertz CT molecular complexity index is 572. The van der Waals surface area contributed by atoms with Gasteiger partial charge in [0, 0.05) is 25.2 Å². The first-order chi connectivity index (χ1) is 10.5. The number of rotatable bonds is 7. The number of hydrogen-bond acceptors (Lipinski definition) is 3. The third-order valence-electron chi connectivity index (χ3n) is 3.41. The number of halogens is 2. The number of nitrogens with two attached hydrogens (primary N) is 1. The largest absolute Gasteiger partial charge is 0.390 e. The van der Waals surface area contributed by atoms with Crippen molar-refractivity contribution in [1.82, 2.24) is 5.32 Å². The molecule has 0 aliphatic rings. The molecule has 0 aromatic heterocycles. The first-order valence-electron chi connectivity index (χ1n) is 7.18. The SMILES string of the molecule is NC(Cc1ccccc1)[C@@H](O)CNCc1cc(F)cc(F)c1. The first-order valence-corrected chi connectivity index (χ1v) is 7.18. The molecule has 0 radical (unpaired) electrons. The Morgan fingerprint density at radius 1 is 1.00 bits per heavy atom. The summed E-state index contributed by atoms with van der Waals surface area (Å²) in [5.41, 5.74) is 7.51. The summed E-state index contributed by atoms with van der Waals surface area (Å²) in [6.07, 6.45) is -0.170. The Hall–Kier alpha value is -1.82. The van der Waals surface area contributed by atoms with Crippen LogP contribution in [0, 0.1) is 11.6 Å². The van der Waals surface area contributed by atoms with Crippen molar-refractivity contribution in [2.75, 3.05) is 6.54 Å². The lowest BCUT2D eigenvalue weighted by atomic mass is 10.0. The van der Waals surface area contributed by atoms with Crippen LogP contribution in [-0.4, -0.2) is 23.8 Å². The molecule has 0 heterocycles. The lowest BCUT2D eigenvalue weighted by molar-refractivity contribution is 0.141. The van der Waals surface area contributed by atoms with Gasteiger partial charge in [0.25, 0.3) is 0 Å². The molecule has 5 heteroatoms. The zero-order valence-corrected chi connectivity index (χ0v) is 12.2. The van der Waals surface area contributed by atoms with Crippen molar-refractivity contribution in [2.45, 2.75) is 25.1 Å². The van der Waals surface area contributed by atoms with E-state index >= 15 is 0 Å². The van der Waals surface area contributed by atoms with Gasteiger partial charge in [-0.15, -0.1) is 0 Å². The van der Waals surface area contributed by atoms with Crippen LogP contribution < -0.4 is 11.1 Å². The Labute approximate surface area is 128 Å². The maximum absolute atomic E-state index is 13.0. The molecule has 0 saturated carbocycles. The maximum Gasteiger partial charge on any atom is 0.126 e. The zero-order valence-electron chi connectivity index (χ0n) is 12.2. The fourth-order valence-corrected chi connectivity index (χ4v) is 2.25. The van der Waals surface area contributed by atoms with Crippen LogP contribution in [-0.2, 0) is 13.0 Å². The second-order valence-corrected chi connectivity index (χ2v) is 5.33. The lowest BCUT2D eigenvalue weighted by Gasteiger charge is -2.19. The average Bonchev–Trinajstić information content (AvgIpc) is 2.47. The fraction of sp³-hybridized carbons (Fsp3) is 0.294. The maximum atomic E-state index is 13.0. The molecule has 2 rings (SSSR count). The summed E-state index contributed by atoms with van der Waals surface area (Å²) >= 11 is 0. The molecule has 0 aliphatic heterocycles.